The van der Waals surface area contributed by atoms with Crippen LogP contribution in [0.15, 0.2) is 82.8 Å². The molecule has 0 saturated heterocycles. The Bertz CT molecular complexity index is 1280. The van der Waals surface area contributed by atoms with E-state index in [0.717, 1.165) is 13.4 Å². The molecular weight excluding hydrogens is 577 g/mol. The minimum atomic E-state index is -4.11. The van der Waals surface area contributed by atoms with Crippen LogP contribution in [-0.4, -0.2) is 33.7 Å². The summed E-state index contributed by atoms with van der Waals surface area (Å²) < 4.78 is 34.2. The van der Waals surface area contributed by atoms with Crippen molar-refractivity contribution < 1.29 is 17.9 Å². The topological polar surface area (TPSA) is 88.1 Å². The number of nitrogens with one attached hydrogen (secondary N) is 1. The molecule has 0 aliphatic rings. The number of amides is 1. The molecule has 3 aromatic carbocycles. The first-order valence-corrected chi connectivity index (χ1v) is 12.6. The van der Waals surface area contributed by atoms with E-state index < -0.39 is 22.5 Å². The molecule has 0 spiro atoms. The Labute approximate surface area is 211 Å². The van der Waals surface area contributed by atoms with Crippen molar-refractivity contribution in [3.05, 3.63) is 87.0 Å². The van der Waals surface area contributed by atoms with Gasteiger partial charge in [0.05, 0.1) is 23.4 Å². The number of hydrogen-bond donors (Lipinski definition) is 1. The SMILES string of the molecule is COc1ccc(Cl)cc1N(CC(=O)N/N=C(/C)c1cccc(I)c1)S(=O)(=O)c1ccccc1. The summed E-state index contributed by atoms with van der Waals surface area (Å²) in [5.41, 5.74) is 4.01. The summed E-state index contributed by atoms with van der Waals surface area (Å²) >= 11 is 8.32. The van der Waals surface area contributed by atoms with Crippen molar-refractivity contribution in [1.29, 1.82) is 0 Å². The predicted octanol–water partition coefficient (Wildman–Crippen LogP) is 4.69. The van der Waals surface area contributed by atoms with Gasteiger partial charge in [-0.2, -0.15) is 5.10 Å². The Kier molecular flexibility index (Phi) is 8.33. The maximum absolute atomic E-state index is 13.5. The average molecular weight is 598 g/mol. The van der Waals surface area contributed by atoms with Crippen LogP contribution in [0.25, 0.3) is 0 Å². The summed E-state index contributed by atoms with van der Waals surface area (Å²) in [6.45, 7) is 1.22. The van der Waals surface area contributed by atoms with Crippen LogP contribution in [0.4, 0.5) is 5.69 Å². The summed E-state index contributed by atoms with van der Waals surface area (Å²) in [6.07, 6.45) is 0. The molecule has 3 rings (SSSR count). The van der Waals surface area contributed by atoms with Crippen LogP contribution in [0.2, 0.25) is 5.02 Å². The van der Waals surface area contributed by atoms with Crippen LogP contribution >= 0.6 is 34.2 Å². The van der Waals surface area contributed by atoms with Gasteiger partial charge in [-0.3, -0.25) is 9.10 Å². The number of ether oxygens (including phenoxy) is 1. The summed E-state index contributed by atoms with van der Waals surface area (Å²) in [6, 6.07) is 20.0. The minimum absolute atomic E-state index is 0.0263. The van der Waals surface area contributed by atoms with Crippen LogP contribution in [-0.2, 0) is 14.8 Å². The highest BCUT2D eigenvalue weighted by Gasteiger charge is 2.29. The van der Waals surface area contributed by atoms with Gasteiger partial charge in [0.25, 0.3) is 15.9 Å². The highest BCUT2D eigenvalue weighted by molar-refractivity contribution is 14.1. The zero-order valence-corrected chi connectivity index (χ0v) is 21.6. The van der Waals surface area contributed by atoms with Crippen molar-refractivity contribution in [2.24, 2.45) is 5.10 Å². The normalized spacial score (nSPS) is 11.7. The van der Waals surface area contributed by atoms with E-state index in [0.29, 0.717) is 10.7 Å². The first kappa shape index (κ1) is 25.0. The second kappa shape index (κ2) is 11.0. The van der Waals surface area contributed by atoms with Crippen LogP contribution in [0.1, 0.15) is 12.5 Å². The molecule has 0 bridgehead atoms. The number of anilines is 1. The molecular formula is C23H21ClIN3O4S. The molecule has 0 saturated carbocycles. The lowest BCUT2D eigenvalue weighted by molar-refractivity contribution is -0.119. The Morgan fingerprint density at radius 2 is 1.82 bits per heavy atom. The van der Waals surface area contributed by atoms with E-state index in [1.807, 2.05) is 24.3 Å². The largest absolute Gasteiger partial charge is 0.495 e. The fourth-order valence-corrected chi connectivity index (χ4v) is 5.12. The first-order chi connectivity index (χ1) is 15.7. The maximum Gasteiger partial charge on any atom is 0.264 e. The second-order valence-corrected chi connectivity index (χ2v) is 10.4. The summed E-state index contributed by atoms with van der Waals surface area (Å²) in [4.78, 5) is 12.8. The number of nitrogens with zero attached hydrogens (tertiary/aromatic N) is 2. The van der Waals surface area contributed by atoms with Crippen molar-refractivity contribution in [2.45, 2.75) is 11.8 Å². The molecule has 0 radical (unpaired) electrons. The Morgan fingerprint density at radius 1 is 1.09 bits per heavy atom. The number of carbonyl (C=O) groups excluding carboxylic acids is 1. The van der Waals surface area contributed by atoms with Gasteiger partial charge < -0.3 is 4.74 Å². The van der Waals surface area contributed by atoms with E-state index in [1.165, 1.54) is 25.3 Å². The molecule has 33 heavy (non-hydrogen) atoms. The number of methoxy groups -OCH3 is 1. The van der Waals surface area contributed by atoms with Crippen molar-refractivity contribution in [1.82, 2.24) is 5.43 Å². The van der Waals surface area contributed by atoms with Crippen molar-refractivity contribution >= 4 is 61.5 Å². The van der Waals surface area contributed by atoms with E-state index in [-0.39, 0.29) is 16.3 Å². The Morgan fingerprint density at radius 3 is 2.48 bits per heavy atom. The number of hydrogen-bond acceptors (Lipinski definition) is 5. The molecule has 0 unspecified atom stereocenters. The summed E-state index contributed by atoms with van der Waals surface area (Å²) in [5.74, 6) is -0.369. The van der Waals surface area contributed by atoms with Crippen molar-refractivity contribution in [2.75, 3.05) is 18.0 Å². The highest BCUT2D eigenvalue weighted by atomic mass is 127. The van der Waals surface area contributed by atoms with Gasteiger partial charge in [0.15, 0.2) is 0 Å². The van der Waals surface area contributed by atoms with Crippen LogP contribution in [0, 0.1) is 3.57 Å². The monoisotopic (exact) mass is 597 g/mol. The third-order valence-electron chi connectivity index (χ3n) is 4.62. The van der Waals surface area contributed by atoms with E-state index in [4.69, 9.17) is 16.3 Å². The Hall–Kier alpha value is -2.63. The quantitative estimate of drug-likeness (QED) is 0.232. The van der Waals surface area contributed by atoms with Gasteiger partial charge in [0.1, 0.15) is 12.3 Å². The molecule has 7 nitrogen and oxygen atoms in total. The lowest BCUT2D eigenvalue weighted by atomic mass is 10.1. The number of rotatable bonds is 8. The van der Waals surface area contributed by atoms with Crippen LogP contribution in [0.5, 0.6) is 5.75 Å². The minimum Gasteiger partial charge on any atom is -0.495 e. The second-order valence-electron chi connectivity index (χ2n) is 6.88. The number of halogens is 2. The zero-order chi connectivity index (χ0) is 24.0. The fourth-order valence-electron chi connectivity index (χ4n) is 2.97. The van der Waals surface area contributed by atoms with E-state index in [1.54, 1.807) is 37.3 Å². The number of benzene rings is 3. The lowest BCUT2D eigenvalue weighted by Gasteiger charge is -2.25. The first-order valence-electron chi connectivity index (χ1n) is 9.73. The van der Waals surface area contributed by atoms with Gasteiger partial charge in [-0.15, -0.1) is 0 Å². The molecule has 172 valence electrons. The average Bonchev–Trinajstić information content (AvgIpc) is 2.81. The van der Waals surface area contributed by atoms with Crippen molar-refractivity contribution in [3.8, 4) is 5.75 Å². The van der Waals surface area contributed by atoms with E-state index >= 15 is 0 Å². The third-order valence-corrected chi connectivity index (χ3v) is 7.30. The van der Waals surface area contributed by atoms with Gasteiger partial charge >= 0.3 is 0 Å². The van der Waals surface area contributed by atoms with E-state index in [9.17, 15) is 13.2 Å². The molecule has 1 amide bonds. The van der Waals surface area contributed by atoms with Gasteiger partial charge in [-0.25, -0.2) is 13.8 Å². The third kappa shape index (κ3) is 6.24. The van der Waals surface area contributed by atoms with Gasteiger partial charge in [0, 0.05) is 8.59 Å². The van der Waals surface area contributed by atoms with E-state index in [2.05, 4.69) is 33.1 Å². The van der Waals surface area contributed by atoms with Gasteiger partial charge in [-0.1, -0.05) is 41.9 Å². The number of sulfonamides is 1. The maximum atomic E-state index is 13.5. The van der Waals surface area contributed by atoms with Crippen molar-refractivity contribution in [3.63, 3.8) is 0 Å². The molecule has 0 aromatic heterocycles. The molecule has 3 aromatic rings. The molecule has 1 N–H and O–H groups in total. The summed E-state index contributed by atoms with van der Waals surface area (Å²) in [7, 11) is -2.70. The van der Waals surface area contributed by atoms with Crippen LogP contribution < -0.4 is 14.5 Å². The molecule has 0 aliphatic carbocycles. The van der Waals surface area contributed by atoms with Crippen LogP contribution in [0.3, 0.4) is 0 Å². The molecule has 0 aliphatic heterocycles. The predicted molar refractivity (Wildman–Crippen MR) is 138 cm³/mol. The smallest absolute Gasteiger partial charge is 0.264 e. The summed E-state index contributed by atoms with van der Waals surface area (Å²) in [5, 5.41) is 4.43. The standard InChI is InChI=1S/C23H21ClIN3O4S/c1-16(17-7-6-8-19(25)13-17)26-27-23(29)15-28(21-14-18(24)11-12-22(21)32-2)33(30,31)20-9-4-3-5-10-20/h3-14H,15H2,1-2H3,(H,27,29)/b26-16-. The number of carbonyl (C=O) groups is 1. The highest BCUT2D eigenvalue weighted by Crippen LogP contribution is 2.34. The Balaban J connectivity index is 1.94. The molecule has 0 atom stereocenters. The van der Waals surface area contributed by atoms with Gasteiger partial charge in [-0.05, 0) is 77.5 Å². The molecule has 0 fully saturated rings. The number of hydrazone groups is 1. The molecule has 0 heterocycles. The lowest BCUT2D eigenvalue weighted by Crippen LogP contribution is -2.40. The molecule has 10 heteroatoms. The zero-order valence-electron chi connectivity index (χ0n) is 17.8. The fraction of sp³-hybridized carbons (Fsp3) is 0.130. The van der Waals surface area contributed by atoms with Gasteiger partial charge in [0.2, 0.25) is 0 Å².